The first-order valence-corrected chi connectivity index (χ1v) is 0.913. The van der Waals surface area contributed by atoms with Crippen LogP contribution in [0.1, 0.15) is 0 Å². The summed E-state index contributed by atoms with van der Waals surface area (Å²) in [7, 11) is 0. The molecule has 0 fully saturated rings. The Morgan fingerprint density at radius 3 is 1.43 bits per heavy atom. The van der Waals surface area contributed by atoms with Gasteiger partial charge in [-0.25, -0.2) is 0 Å². The molecule has 6 radical (unpaired) electrons. The van der Waals surface area contributed by atoms with Crippen molar-refractivity contribution in [2.24, 2.45) is 0 Å². The summed E-state index contributed by atoms with van der Waals surface area (Å²) in [6.45, 7) is 0. The van der Waals surface area contributed by atoms with Crippen molar-refractivity contribution in [2.45, 2.75) is 0 Å². The second-order valence-corrected chi connectivity index (χ2v) is 0.522. The van der Waals surface area contributed by atoms with Crippen LogP contribution < -0.4 is 18.5 Å². The third-order valence-corrected chi connectivity index (χ3v) is 0. The number of nitro groups is 1. The van der Waals surface area contributed by atoms with Crippen LogP contribution in [0, 0.1) is 10.1 Å². The fraction of sp³-hybridized carbons (Fsp3) is 0. The minimum absolute atomic E-state index is 0. The van der Waals surface area contributed by atoms with E-state index >= 15 is 0 Å². The van der Waals surface area contributed by atoms with Crippen LogP contribution in [0.15, 0.2) is 0 Å². The summed E-state index contributed by atoms with van der Waals surface area (Å²) in [6, 6.07) is 0. The van der Waals surface area contributed by atoms with Crippen molar-refractivity contribution in [2.75, 3.05) is 0 Å². The highest BCUT2D eigenvalue weighted by atomic mass is 32.1. The molecule has 0 atom stereocenters. The van der Waals surface area contributed by atoms with Crippen molar-refractivity contribution in [3.8, 4) is 0 Å². The van der Waals surface area contributed by atoms with Gasteiger partial charge in [0.25, 0.3) is 0 Å². The first-order valence-electron chi connectivity index (χ1n) is 0.548. The molecular weight excluding hydrogens is 120 g/mol. The molecule has 0 heterocycles. The van der Waals surface area contributed by atoms with E-state index in [1.807, 2.05) is 0 Å². The Labute approximate surface area is 46.7 Å². The maximum Gasteiger partial charge on any atom is 3.00 e. The summed E-state index contributed by atoms with van der Waals surface area (Å²) in [5.41, 5.74) is 0. The summed E-state index contributed by atoms with van der Waals surface area (Å²) in [5, 5.41) is 8.62. The summed E-state index contributed by atoms with van der Waals surface area (Å²) in [4.78, 5) is 8.62. The van der Waals surface area contributed by atoms with Gasteiger partial charge in [0.05, 0.1) is 0 Å². The van der Waals surface area contributed by atoms with Crippen LogP contribution in [0.25, 0.3) is 0 Å². The van der Waals surface area contributed by atoms with Crippen molar-refractivity contribution >= 4 is 12.8 Å². The summed E-state index contributed by atoms with van der Waals surface area (Å²) in [5.74, 6) is 0. The van der Waals surface area contributed by atoms with E-state index in [-0.39, 0.29) is 18.5 Å². The topological polar surface area (TPSA) is 139 Å². The second kappa shape index (κ2) is 20.0. The minimum atomic E-state index is -0.917. The van der Waals surface area contributed by atoms with Crippen LogP contribution in [0.5, 0.6) is 0 Å². The molecule has 7 heavy (non-hydrogen) atoms. The molecule has 6 nitrogen and oxygen atoms in total. The molecule has 0 saturated carbocycles. The maximum atomic E-state index is 8.62. The van der Waals surface area contributed by atoms with Crippen molar-refractivity contribution in [1.82, 2.24) is 18.5 Å². The van der Waals surface area contributed by atoms with Gasteiger partial charge in [-0.2, -0.15) is 10.1 Å². The monoisotopic (exact) mass is 123 g/mol. The van der Waals surface area contributed by atoms with Gasteiger partial charge in [-0.15, -0.1) is 0 Å². The Bertz CT molecular complexity index is 32.7. The summed E-state index contributed by atoms with van der Waals surface area (Å²) < 4.78 is -0.917. The van der Waals surface area contributed by atoms with Crippen LogP contribution in [0.2, 0.25) is 0 Å². The van der Waals surface area contributed by atoms with Crippen molar-refractivity contribution in [1.29, 1.82) is 0 Å². The van der Waals surface area contributed by atoms with Crippen LogP contribution in [0.4, 0.5) is 0 Å². The van der Waals surface area contributed by atoms with Crippen LogP contribution in [-0.4, -0.2) is 4.33 Å². The zero-order chi connectivity index (χ0) is 3.58. The van der Waals surface area contributed by atoms with Crippen LogP contribution in [-0.2, 0) is 12.8 Å². The van der Waals surface area contributed by atoms with Gasteiger partial charge < -0.3 is 6.15 Å². The second-order valence-electron chi connectivity index (χ2n) is 0.224. The van der Waals surface area contributed by atoms with E-state index in [0.29, 0.717) is 0 Å². The molecule has 0 aliphatic carbocycles. The molecule has 0 aromatic rings. The van der Waals surface area contributed by atoms with Gasteiger partial charge in [-0.1, -0.05) is 0 Å². The molecule has 0 aromatic carbocycles. The minimum Gasteiger partial charge on any atom is -0.344 e. The number of rotatable bonds is 0. The van der Waals surface area contributed by atoms with E-state index in [1.165, 1.54) is 0 Å². The zero-order valence-corrected chi connectivity index (χ0v) is 4.09. The van der Waals surface area contributed by atoms with Crippen molar-refractivity contribution in [3.05, 3.63) is 10.1 Å². The highest BCUT2D eigenvalue weighted by molar-refractivity contribution is 7.51. The van der Waals surface area contributed by atoms with E-state index in [9.17, 15) is 0 Å². The molecule has 0 bridgehead atoms. The Kier molecular flexibility index (Phi) is 107. The quantitative estimate of drug-likeness (QED) is 0.249. The van der Waals surface area contributed by atoms with E-state index in [0.717, 1.165) is 0 Å². The van der Waals surface area contributed by atoms with Gasteiger partial charge in [-0.05, 0) is 0 Å². The van der Waals surface area contributed by atoms with Gasteiger partial charge in [0.15, 0.2) is 0 Å². The fourth-order valence-electron chi connectivity index (χ4n) is 0. The third kappa shape index (κ3) is 45.0. The molecule has 7 heteroatoms. The average Bonchev–Trinajstić information content (AvgIpc) is 0.811. The Morgan fingerprint density at radius 2 is 1.43 bits per heavy atom. The van der Waals surface area contributed by atoms with E-state index in [4.69, 9.17) is 10.1 Å². The molecule has 0 rings (SSSR count). The van der Waals surface area contributed by atoms with E-state index < -0.39 is 4.33 Å². The Morgan fingerprint density at radius 1 is 1.43 bits per heavy atom. The normalized spacial score (nSPS) is 3.43. The molecule has 0 amide bonds. The van der Waals surface area contributed by atoms with Gasteiger partial charge in [0.1, 0.15) is 0 Å². The van der Waals surface area contributed by atoms with Gasteiger partial charge in [0.2, 0.25) is 0 Å². The van der Waals surface area contributed by atoms with E-state index in [2.05, 4.69) is 12.8 Å². The zero-order valence-electron chi connectivity index (χ0n) is 3.27. The van der Waals surface area contributed by atoms with Gasteiger partial charge in [0, 0.05) is 0 Å². The number of hydrogen-bond donors (Lipinski definition) is 1. The lowest BCUT2D eigenvalue weighted by molar-refractivity contribution is -0.281. The Balaban J connectivity index is -0.0000000150. The lowest BCUT2D eigenvalue weighted by atomic mass is 13.4. The van der Waals surface area contributed by atoms with Crippen molar-refractivity contribution < 1.29 is 4.33 Å². The molecule has 0 saturated heterocycles. The van der Waals surface area contributed by atoms with Crippen LogP contribution >= 0.6 is 0 Å². The SMILES string of the molecule is N.O=[N+]([O-])[S+].[N+3].[N+3]. The van der Waals surface area contributed by atoms with Crippen LogP contribution in [0.3, 0.4) is 0 Å². The van der Waals surface area contributed by atoms with Gasteiger partial charge >= 0.3 is 29.4 Å². The average molecular weight is 123 g/mol. The number of nitrogens with zero attached hydrogens (tertiary/aromatic N) is 3. The fourth-order valence-corrected chi connectivity index (χ4v) is 0. The standard InChI is InChI=1S/NO2S.H3N.2N/c2-1(3)4;;;/h;1H3;;/q+1;;2*+3. The predicted octanol–water partition coefficient (Wildman–Crippen LogP) is -1.07. The molecule has 34 valence electrons. The van der Waals surface area contributed by atoms with Gasteiger partial charge in [-0.3, -0.25) is 0 Å². The molecule has 0 aliphatic rings. The highest BCUT2D eigenvalue weighted by Gasteiger charge is 3.00. The summed E-state index contributed by atoms with van der Waals surface area (Å²) in [6.07, 6.45) is 0. The lowest BCUT2D eigenvalue weighted by Gasteiger charge is -1.34. The molecule has 0 spiro atoms. The molecule has 0 aliphatic heterocycles. The molecule has 0 aromatic heterocycles. The third-order valence-electron chi connectivity index (χ3n) is 0. The molecule has 3 N–H and O–H groups in total. The molecular formula is H3N4O2S+7. The lowest BCUT2D eigenvalue weighted by Crippen LogP contribution is -1.75. The smallest absolute Gasteiger partial charge is 0.344 e. The molecule has 0 unspecified atom stereocenters. The largest absolute Gasteiger partial charge is 3.00 e. The Hall–Kier alpha value is -1.00. The maximum absolute atomic E-state index is 8.62. The highest BCUT2D eigenvalue weighted by Crippen LogP contribution is 1.43. The predicted molar refractivity (Wildman–Crippen MR) is 23.6 cm³/mol. The first kappa shape index (κ1) is 37.5. The number of hydrogen-bond acceptors (Lipinski definition) is 3. The van der Waals surface area contributed by atoms with Crippen molar-refractivity contribution in [3.63, 3.8) is 0 Å². The summed E-state index contributed by atoms with van der Waals surface area (Å²) >= 11 is 3.34. The first-order chi connectivity index (χ1) is 1.73. The van der Waals surface area contributed by atoms with E-state index in [1.54, 1.807) is 0 Å².